The van der Waals surface area contributed by atoms with Crippen molar-refractivity contribution in [2.24, 2.45) is 5.92 Å². The Balaban J connectivity index is 1.84. The quantitative estimate of drug-likeness (QED) is 0.789. The minimum Gasteiger partial charge on any atom is -0.397 e. The minimum atomic E-state index is 0.744. The molecule has 3 heteroatoms. The molecule has 1 heterocycles. The normalized spacial score (nSPS) is 15.1. The fraction of sp³-hybridized carbons (Fsp3) is 0.357. The fourth-order valence-corrected chi connectivity index (χ4v) is 2.17. The maximum absolute atomic E-state index is 5.92. The number of fused-ring (bicyclic) bond motifs is 1. The molecule has 3 rings (SSSR count). The standard InChI is InChI=1S/C14H17N3/c15-12-5-6-13(16-9-7-10-3-4-10)11-2-1-8-17-14(11)12/h1-2,5-6,8,10,16H,3-4,7,9,15H2. The number of aromatic nitrogens is 1. The van der Waals surface area contributed by atoms with Gasteiger partial charge in [-0.3, -0.25) is 4.98 Å². The monoisotopic (exact) mass is 227 g/mol. The van der Waals surface area contributed by atoms with Crippen molar-refractivity contribution in [3.63, 3.8) is 0 Å². The zero-order valence-corrected chi connectivity index (χ0v) is 9.82. The van der Waals surface area contributed by atoms with Crippen LogP contribution in [0.25, 0.3) is 10.9 Å². The zero-order valence-electron chi connectivity index (χ0n) is 9.82. The van der Waals surface area contributed by atoms with Gasteiger partial charge in [0.15, 0.2) is 0 Å². The summed E-state index contributed by atoms with van der Waals surface area (Å²) in [5, 5.41) is 4.60. The molecule has 2 aromatic rings. The number of benzene rings is 1. The first-order chi connectivity index (χ1) is 8.34. The summed E-state index contributed by atoms with van der Waals surface area (Å²) in [6.07, 6.45) is 5.87. The summed E-state index contributed by atoms with van der Waals surface area (Å²) in [5.41, 5.74) is 8.70. The predicted octanol–water partition coefficient (Wildman–Crippen LogP) is 3.03. The maximum atomic E-state index is 5.92. The number of nitrogen functional groups attached to an aromatic ring is 1. The van der Waals surface area contributed by atoms with Gasteiger partial charge in [-0.1, -0.05) is 12.8 Å². The average Bonchev–Trinajstić information content (AvgIpc) is 3.17. The lowest BCUT2D eigenvalue weighted by atomic mass is 10.1. The smallest absolute Gasteiger partial charge is 0.0951 e. The summed E-state index contributed by atoms with van der Waals surface area (Å²) in [7, 11) is 0. The zero-order chi connectivity index (χ0) is 11.7. The van der Waals surface area contributed by atoms with Gasteiger partial charge in [0.25, 0.3) is 0 Å². The highest BCUT2D eigenvalue weighted by atomic mass is 14.9. The van der Waals surface area contributed by atoms with Crippen LogP contribution in [0.5, 0.6) is 0 Å². The molecule has 88 valence electrons. The maximum Gasteiger partial charge on any atom is 0.0951 e. The van der Waals surface area contributed by atoms with Crippen LogP contribution in [0.15, 0.2) is 30.5 Å². The van der Waals surface area contributed by atoms with Crippen LogP contribution < -0.4 is 11.1 Å². The second kappa shape index (κ2) is 4.24. The highest BCUT2D eigenvalue weighted by molar-refractivity contribution is 5.98. The van der Waals surface area contributed by atoms with E-state index in [2.05, 4.69) is 16.4 Å². The van der Waals surface area contributed by atoms with E-state index in [-0.39, 0.29) is 0 Å². The molecule has 0 amide bonds. The molecule has 0 aliphatic heterocycles. The van der Waals surface area contributed by atoms with Crippen molar-refractivity contribution < 1.29 is 0 Å². The summed E-state index contributed by atoms with van der Waals surface area (Å²) >= 11 is 0. The lowest BCUT2D eigenvalue weighted by molar-refractivity contribution is 0.761. The van der Waals surface area contributed by atoms with Crippen molar-refractivity contribution in [1.82, 2.24) is 4.98 Å². The number of hydrogen-bond donors (Lipinski definition) is 2. The molecule has 1 aromatic carbocycles. The Labute approximate surface area is 101 Å². The number of pyridine rings is 1. The molecule has 1 aliphatic carbocycles. The van der Waals surface area contributed by atoms with Gasteiger partial charge in [0, 0.05) is 23.8 Å². The molecule has 0 saturated heterocycles. The Hall–Kier alpha value is -1.77. The molecule has 0 spiro atoms. The Morgan fingerprint density at radius 2 is 2.18 bits per heavy atom. The van der Waals surface area contributed by atoms with E-state index in [4.69, 9.17) is 5.73 Å². The first kappa shape index (κ1) is 10.4. The van der Waals surface area contributed by atoms with E-state index in [1.54, 1.807) is 6.20 Å². The van der Waals surface area contributed by atoms with Crippen LogP contribution in [-0.4, -0.2) is 11.5 Å². The summed E-state index contributed by atoms with van der Waals surface area (Å²) < 4.78 is 0. The highest BCUT2D eigenvalue weighted by Crippen LogP contribution is 2.32. The molecule has 1 saturated carbocycles. The molecule has 17 heavy (non-hydrogen) atoms. The van der Waals surface area contributed by atoms with E-state index >= 15 is 0 Å². The predicted molar refractivity (Wildman–Crippen MR) is 72.0 cm³/mol. The third-order valence-electron chi connectivity index (χ3n) is 3.37. The van der Waals surface area contributed by atoms with Crippen molar-refractivity contribution in [2.45, 2.75) is 19.3 Å². The number of nitrogens with two attached hydrogens (primary N) is 1. The lowest BCUT2D eigenvalue weighted by Gasteiger charge is -2.10. The first-order valence-electron chi connectivity index (χ1n) is 6.21. The minimum absolute atomic E-state index is 0.744. The van der Waals surface area contributed by atoms with Crippen molar-refractivity contribution >= 4 is 22.3 Å². The number of rotatable bonds is 4. The largest absolute Gasteiger partial charge is 0.397 e. The molecule has 0 atom stereocenters. The molecule has 0 bridgehead atoms. The van der Waals surface area contributed by atoms with Gasteiger partial charge in [-0.25, -0.2) is 0 Å². The number of nitrogens with zero attached hydrogens (tertiary/aromatic N) is 1. The summed E-state index contributed by atoms with van der Waals surface area (Å²) in [6, 6.07) is 7.99. The molecule has 0 radical (unpaired) electrons. The van der Waals surface area contributed by atoms with Crippen LogP contribution in [0.3, 0.4) is 0 Å². The van der Waals surface area contributed by atoms with Crippen molar-refractivity contribution in [3.8, 4) is 0 Å². The molecular formula is C14H17N3. The molecule has 3 nitrogen and oxygen atoms in total. The van der Waals surface area contributed by atoms with E-state index in [9.17, 15) is 0 Å². The van der Waals surface area contributed by atoms with Crippen LogP contribution in [0.1, 0.15) is 19.3 Å². The van der Waals surface area contributed by atoms with E-state index in [0.29, 0.717) is 0 Å². The van der Waals surface area contributed by atoms with Gasteiger partial charge in [0.1, 0.15) is 0 Å². The van der Waals surface area contributed by atoms with E-state index in [1.165, 1.54) is 19.3 Å². The SMILES string of the molecule is Nc1ccc(NCCC2CC2)c2cccnc12. The van der Waals surface area contributed by atoms with Gasteiger partial charge in [-0.15, -0.1) is 0 Å². The van der Waals surface area contributed by atoms with Gasteiger partial charge in [0.05, 0.1) is 11.2 Å². The second-order valence-corrected chi connectivity index (χ2v) is 4.76. The fourth-order valence-electron chi connectivity index (χ4n) is 2.17. The highest BCUT2D eigenvalue weighted by Gasteiger charge is 2.20. The summed E-state index contributed by atoms with van der Waals surface area (Å²) in [4.78, 5) is 4.33. The lowest BCUT2D eigenvalue weighted by Crippen LogP contribution is -2.03. The van der Waals surface area contributed by atoms with E-state index < -0.39 is 0 Å². The Morgan fingerprint density at radius 3 is 3.00 bits per heavy atom. The molecule has 1 aromatic heterocycles. The van der Waals surface area contributed by atoms with E-state index in [1.807, 2.05) is 18.2 Å². The van der Waals surface area contributed by atoms with Crippen LogP contribution >= 0.6 is 0 Å². The molecule has 1 fully saturated rings. The van der Waals surface area contributed by atoms with Gasteiger partial charge in [-0.2, -0.15) is 0 Å². The third kappa shape index (κ3) is 2.18. The number of nitrogens with one attached hydrogen (secondary N) is 1. The Bertz CT molecular complexity index is 532. The summed E-state index contributed by atoms with van der Waals surface area (Å²) in [5.74, 6) is 0.959. The van der Waals surface area contributed by atoms with Gasteiger partial charge in [-0.05, 0) is 36.6 Å². The van der Waals surface area contributed by atoms with Crippen LogP contribution in [-0.2, 0) is 0 Å². The van der Waals surface area contributed by atoms with Crippen molar-refractivity contribution in [3.05, 3.63) is 30.5 Å². The van der Waals surface area contributed by atoms with Gasteiger partial charge in [0.2, 0.25) is 0 Å². The van der Waals surface area contributed by atoms with Gasteiger partial charge >= 0.3 is 0 Å². The van der Waals surface area contributed by atoms with Crippen LogP contribution in [0.4, 0.5) is 11.4 Å². The van der Waals surface area contributed by atoms with E-state index in [0.717, 1.165) is 34.7 Å². The van der Waals surface area contributed by atoms with Crippen LogP contribution in [0, 0.1) is 5.92 Å². The third-order valence-corrected chi connectivity index (χ3v) is 3.37. The first-order valence-corrected chi connectivity index (χ1v) is 6.21. The molecular weight excluding hydrogens is 210 g/mol. The second-order valence-electron chi connectivity index (χ2n) is 4.76. The molecule has 0 unspecified atom stereocenters. The number of hydrogen-bond acceptors (Lipinski definition) is 3. The molecule has 1 aliphatic rings. The Morgan fingerprint density at radius 1 is 1.29 bits per heavy atom. The average molecular weight is 227 g/mol. The van der Waals surface area contributed by atoms with Gasteiger partial charge < -0.3 is 11.1 Å². The number of anilines is 2. The van der Waals surface area contributed by atoms with Crippen molar-refractivity contribution in [2.75, 3.05) is 17.6 Å². The molecule has 3 N–H and O–H groups in total. The summed E-state index contributed by atoms with van der Waals surface area (Å²) in [6.45, 7) is 1.04. The van der Waals surface area contributed by atoms with Crippen LogP contribution in [0.2, 0.25) is 0 Å². The Kier molecular flexibility index (Phi) is 2.59. The van der Waals surface area contributed by atoms with Crippen molar-refractivity contribution in [1.29, 1.82) is 0 Å². The topological polar surface area (TPSA) is 50.9 Å².